The van der Waals surface area contributed by atoms with Gasteiger partial charge in [-0.1, -0.05) is 164 Å². The molecule has 9 heteroatoms. The van der Waals surface area contributed by atoms with Gasteiger partial charge in [0.1, 0.15) is 0 Å². The number of carboxylic acids is 2. The minimum atomic E-state index is -1.04. The molecule has 59 heavy (non-hydrogen) atoms. The first-order valence-corrected chi connectivity index (χ1v) is 23.3. The number of carbonyl (C=O) groups is 2. The first-order chi connectivity index (χ1) is 28.2. The third kappa shape index (κ3) is 38.2. The Bertz CT molecular complexity index is 1110. The molecule has 0 saturated heterocycles. The Morgan fingerprint density at radius 1 is 0.458 bits per heavy atom. The number of aliphatic hydroxyl groups is 2. The standard InChI is InChI=1S/2C25H42O4.Ba/c2*1-2-3-4-5-6-7-11-18-24(29-21-22-14-9-8-10-15-22)19-12-16-23(26)17-13-20-25(27)28;/h2*8-10,14-15,23-24,26H,2-7,11-13,16-21H2,1H3,(H,27,28);/q;;+2/p-2. The minimum absolute atomic E-state index is 0. The summed E-state index contributed by atoms with van der Waals surface area (Å²) >= 11 is 0. The number of benzene rings is 2. The summed E-state index contributed by atoms with van der Waals surface area (Å²) < 4.78 is 12.4. The van der Waals surface area contributed by atoms with Crippen LogP contribution >= 0.6 is 0 Å². The zero-order valence-electron chi connectivity index (χ0n) is 37.3. The van der Waals surface area contributed by atoms with Crippen molar-refractivity contribution in [2.24, 2.45) is 0 Å². The van der Waals surface area contributed by atoms with Gasteiger partial charge < -0.3 is 39.5 Å². The van der Waals surface area contributed by atoms with Crippen LogP contribution in [0.15, 0.2) is 60.7 Å². The monoisotopic (exact) mass is 949 g/mol. The Morgan fingerprint density at radius 3 is 1.10 bits per heavy atom. The molecule has 0 aliphatic heterocycles. The van der Waals surface area contributed by atoms with Gasteiger partial charge in [0, 0.05) is 11.9 Å². The van der Waals surface area contributed by atoms with E-state index in [1.807, 2.05) is 36.4 Å². The van der Waals surface area contributed by atoms with Crippen molar-refractivity contribution < 1.29 is 39.5 Å². The van der Waals surface area contributed by atoms with E-state index in [1.165, 1.54) is 101 Å². The fourth-order valence-corrected chi connectivity index (χ4v) is 7.27. The number of aliphatic hydroxyl groups excluding tert-OH is 2. The Labute approximate surface area is 400 Å². The van der Waals surface area contributed by atoms with Crippen molar-refractivity contribution in [2.75, 3.05) is 0 Å². The Morgan fingerprint density at radius 2 is 0.763 bits per heavy atom. The summed E-state index contributed by atoms with van der Waals surface area (Å²) in [6.07, 6.45) is 27.1. The number of rotatable bonds is 38. The van der Waals surface area contributed by atoms with Crippen LogP contribution in [0.2, 0.25) is 0 Å². The van der Waals surface area contributed by atoms with Gasteiger partial charge in [-0.3, -0.25) is 0 Å². The topological polar surface area (TPSA) is 139 Å². The summed E-state index contributed by atoms with van der Waals surface area (Å²) in [6.45, 7) is 5.76. The molecule has 4 unspecified atom stereocenters. The van der Waals surface area contributed by atoms with Crippen LogP contribution in [0.5, 0.6) is 0 Å². The molecular formula is C50H82BaO8. The Kier molecular flexibility index (Phi) is 41.2. The molecule has 2 aromatic carbocycles. The molecule has 2 aromatic rings. The number of aliphatic carboxylic acids is 2. The maximum absolute atomic E-state index is 10.5. The van der Waals surface area contributed by atoms with Gasteiger partial charge in [0.05, 0.1) is 37.6 Å². The Hall–Kier alpha value is -1.21. The quantitative estimate of drug-likeness (QED) is 0.0501. The van der Waals surface area contributed by atoms with Crippen molar-refractivity contribution in [3.8, 4) is 0 Å². The largest absolute Gasteiger partial charge is 2.00 e. The third-order valence-corrected chi connectivity index (χ3v) is 10.9. The van der Waals surface area contributed by atoms with Gasteiger partial charge in [0.25, 0.3) is 0 Å². The summed E-state index contributed by atoms with van der Waals surface area (Å²) in [5, 5.41) is 41.0. The van der Waals surface area contributed by atoms with Gasteiger partial charge in [0.2, 0.25) is 0 Å². The zero-order chi connectivity index (χ0) is 42.3. The molecule has 332 valence electrons. The molecule has 0 aliphatic carbocycles. The van der Waals surface area contributed by atoms with Crippen LogP contribution in [0.25, 0.3) is 0 Å². The van der Waals surface area contributed by atoms with Gasteiger partial charge in [0.15, 0.2) is 0 Å². The second kappa shape index (κ2) is 42.1. The van der Waals surface area contributed by atoms with E-state index < -0.39 is 24.1 Å². The molecular weight excluding hydrogens is 866 g/mol. The summed E-state index contributed by atoms with van der Waals surface area (Å²) in [7, 11) is 0. The smallest absolute Gasteiger partial charge is 0.550 e. The third-order valence-electron chi connectivity index (χ3n) is 10.9. The van der Waals surface area contributed by atoms with Crippen molar-refractivity contribution in [1.29, 1.82) is 0 Å². The van der Waals surface area contributed by atoms with Crippen LogP contribution in [0.1, 0.15) is 205 Å². The number of hydrogen-bond acceptors (Lipinski definition) is 8. The molecule has 0 heterocycles. The number of carboxylic acid groups (broad SMARTS) is 2. The SMILES string of the molecule is CCCCCCCCCC(CCCC(O)CCCC(=O)[O-])OCc1ccccc1.CCCCCCCCCC(CCCC(O)CCCC(=O)[O-])OCc1ccccc1.[Ba+2]. The van der Waals surface area contributed by atoms with E-state index in [1.54, 1.807) is 0 Å². The van der Waals surface area contributed by atoms with Crippen molar-refractivity contribution in [2.45, 2.75) is 231 Å². The van der Waals surface area contributed by atoms with Crippen LogP contribution in [0.3, 0.4) is 0 Å². The van der Waals surface area contributed by atoms with Gasteiger partial charge in [-0.2, -0.15) is 0 Å². The average molecular weight is 949 g/mol. The molecule has 0 aromatic heterocycles. The number of hydrogen-bond donors (Lipinski definition) is 2. The molecule has 0 bridgehead atoms. The van der Waals surface area contributed by atoms with Crippen LogP contribution in [0, 0.1) is 0 Å². The van der Waals surface area contributed by atoms with Gasteiger partial charge >= 0.3 is 48.9 Å². The molecule has 8 nitrogen and oxygen atoms in total. The van der Waals surface area contributed by atoms with E-state index in [9.17, 15) is 30.0 Å². The number of unbranched alkanes of at least 4 members (excludes halogenated alkanes) is 12. The molecule has 0 spiro atoms. The van der Waals surface area contributed by atoms with Crippen molar-refractivity contribution in [3.05, 3.63) is 71.8 Å². The van der Waals surface area contributed by atoms with Gasteiger partial charge in [-0.05, 0) is 101 Å². The average Bonchev–Trinajstić information content (AvgIpc) is 3.21. The second-order valence-corrected chi connectivity index (χ2v) is 16.4. The molecule has 4 atom stereocenters. The first kappa shape index (κ1) is 57.8. The fourth-order valence-electron chi connectivity index (χ4n) is 7.27. The number of carbonyl (C=O) groups excluding carboxylic acids is 2. The van der Waals surface area contributed by atoms with Crippen LogP contribution in [-0.2, 0) is 32.3 Å². The van der Waals surface area contributed by atoms with Crippen LogP contribution < -0.4 is 10.2 Å². The molecule has 2 rings (SSSR count). The van der Waals surface area contributed by atoms with Gasteiger partial charge in [-0.25, -0.2) is 0 Å². The van der Waals surface area contributed by atoms with Crippen LogP contribution in [-0.4, -0.2) is 95.4 Å². The maximum atomic E-state index is 10.5. The predicted molar refractivity (Wildman–Crippen MR) is 238 cm³/mol. The summed E-state index contributed by atoms with van der Waals surface area (Å²) in [5.41, 5.74) is 2.39. The molecule has 0 radical (unpaired) electrons. The summed E-state index contributed by atoms with van der Waals surface area (Å²) in [4.78, 5) is 20.9. The van der Waals surface area contributed by atoms with Crippen molar-refractivity contribution in [3.63, 3.8) is 0 Å². The summed E-state index contributed by atoms with van der Waals surface area (Å²) in [5.74, 6) is -2.08. The Balaban J connectivity index is 0.00000112. The fraction of sp³-hybridized carbons (Fsp3) is 0.720. The van der Waals surface area contributed by atoms with Crippen molar-refractivity contribution in [1.82, 2.24) is 0 Å². The predicted octanol–water partition coefficient (Wildman–Crippen LogP) is 9.95. The van der Waals surface area contributed by atoms with E-state index in [-0.39, 0.29) is 73.9 Å². The normalized spacial score (nSPS) is 13.1. The minimum Gasteiger partial charge on any atom is -0.550 e. The molecule has 0 amide bonds. The molecule has 2 N–H and O–H groups in total. The second-order valence-electron chi connectivity index (χ2n) is 16.4. The zero-order valence-corrected chi connectivity index (χ0v) is 41.8. The first-order valence-electron chi connectivity index (χ1n) is 23.3. The van der Waals surface area contributed by atoms with E-state index in [0.717, 1.165) is 38.5 Å². The van der Waals surface area contributed by atoms with Crippen LogP contribution in [0.4, 0.5) is 0 Å². The van der Waals surface area contributed by atoms with E-state index in [4.69, 9.17) is 9.47 Å². The van der Waals surface area contributed by atoms with E-state index >= 15 is 0 Å². The molecule has 0 aliphatic rings. The van der Waals surface area contributed by atoms with Gasteiger partial charge in [-0.15, -0.1) is 0 Å². The van der Waals surface area contributed by atoms with E-state index in [0.29, 0.717) is 51.7 Å². The maximum Gasteiger partial charge on any atom is 2.00 e. The van der Waals surface area contributed by atoms with E-state index in [2.05, 4.69) is 38.1 Å². The molecule has 0 saturated carbocycles. The van der Waals surface area contributed by atoms with Crippen molar-refractivity contribution >= 4 is 60.8 Å². The number of ether oxygens (including phenoxy) is 2. The summed E-state index contributed by atoms with van der Waals surface area (Å²) in [6, 6.07) is 20.5. The molecule has 0 fully saturated rings.